The molecule has 0 saturated carbocycles. The van der Waals surface area contributed by atoms with E-state index >= 15 is 4.39 Å². The quantitative estimate of drug-likeness (QED) is 0.210. The molecule has 10 heteroatoms. The molecule has 1 aromatic heterocycles. The second-order valence-corrected chi connectivity index (χ2v) is 13.2. The normalized spacial score (nSPS) is 15.0. The third-order valence-electron chi connectivity index (χ3n) is 8.78. The number of hydrogen-bond donors (Lipinski definition) is 1. The number of likely N-dealkylation sites (tertiary alicyclic amines) is 1. The topological polar surface area (TPSA) is 80.6 Å². The number of aromatic nitrogens is 1. The summed E-state index contributed by atoms with van der Waals surface area (Å²) in [5, 5.41) is 2.90. The van der Waals surface area contributed by atoms with Gasteiger partial charge in [0.15, 0.2) is 0 Å². The van der Waals surface area contributed by atoms with Gasteiger partial charge in [-0.15, -0.1) is 0 Å². The number of benzene rings is 2. The highest BCUT2D eigenvalue weighted by atomic mass is 19.1. The number of halogens is 3. The molecule has 1 N–H and O–H groups in total. The van der Waals surface area contributed by atoms with Crippen molar-refractivity contribution in [3.8, 4) is 11.1 Å². The van der Waals surface area contributed by atoms with Crippen LogP contribution in [0.2, 0.25) is 0 Å². The summed E-state index contributed by atoms with van der Waals surface area (Å²) in [6.45, 7) is 14.0. The molecule has 0 spiro atoms. The molecule has 3 aromatic rings. The molecule has 1 fully saturated rings. The number of carbonyl (C=O) groups is 2. The number of nitrogens with one attached hydrogen (secondary N) is 1. The van der Waals surface area contributed by atoms with E-state index in [2.05, 4.69) is 5.32 Å². The maximum Gasteiger partial charge on any atom is 0.308 e. The van der Waals surface area contributed by atoms with Gasteiger partial charge >= 0.3 is 5.97 Å². The standard InChI is InChI=1S/C37H46F3N3O4/c1-8-47-34(45)17-31(30-16-27(12-25(7)36(30)40)35-23(5)13-28(38)14-24(35)6)41-37(46)32(11-21(2)3)43-18-26(22(4)15-33(43)44)9-10-42-19-29(39)20-42/h12-16,18,21,29,31-32H,8-11,17,19-20H2,1-7H3,(H,41,46)/t31-,32?/m0/s1. The van der Waals surface area contributed by atoms with Gasteiger partial charge in [0, 0.05) is 37.5 Å². The molecule has 254 valence electrons. The summed E-state index contributed by atoms with van der Waals surface area (Å²) in [4.78, 5) is 42.3. The van der Waals surface area contributed by atoms with Crippen LogP contribution in [0.1, 0.15) is 79.1 Å². The van der Waals surface area contributed by atoms with Crippen LogP contribution in [0.4, 0.5) is 13.2 Å². The second-order valence-electron chi connectivity index (χ2n) is 13.2. The van der Waals surface area contributed by atoms with E-state index in [4.69, 9.17) is 4.74 Å². The number of carbonyl (C=O) groups excluding carboxylic acids is 2. The summed E-state index contributed by atoms with van der Waals surface area (Å²) < 4.78 is 50.1. The number of hydrogen-bond acceptors (Lipinski definition) is 5. The van der Waals surface area contributed by atoms with Crippen molar-refractivity contribution in [2.75, 3.05) is 26.2 Å². The van der Waals surface area contributed by atoms with E-state index in [1.54, 1.807) is 46.0 Å². The number of aryl methyl sites for hydroxylation is 4. The van der Waals surface area contributed by atoms with Gasteiger partial charge in [0.05, 0.1) is 19.1 Å². The van der Waals surface area contributed by atoms with Gasteiger partial charge in [0.25, 0.3) is 5.56 Å². The minimum atomic E-state index is -1.11. The van der Waals surface area contributed by atoms with Crippen LogP contribution in [-0.4, -0.2) is 53.8 Å². The summed E-state index contributed by atoms with van der Waals surface area (Å²) in [6, 6.07) is 5.51. The van der Waals surface area contributed by atoms with Crippen molar-refractivity contribution in [3.63, 3.8) is 0 Å². The highest BCUT2D eigenvalue weighted by molar-refractivity contribution is 5.82. The van der Waals surface area contributed by atoms with Crippen LogP contribution in [-0.2, 0) is 20.7 Å². The minimum Gasteiger partial charge on any atom is -0.466 e. The minimum absolute atomic E-state index is 0.0141. The Morgan fingerprint density at radius 2 is 1.64 bits per heavy atom. The number of alkyl halides is 1. The Morgan fingerprint density at radius 3 is 2.23 bits per heavy atom. The van der Waals surface area contributed by atoms with E-state index in [9.17, 15) is 23.2 Å². The van der Waals surface area contributed by atoms with Gasteiger partial charge in [-0.3, -0.25) is 19.3 Å². The van der Waals surface area contributed by atoms with Gasteiger partial charge in [-0.05, 0) is 117 Å². The van der Waals surface area contributed by atoms with E-state index < -0.39 is 35.9 Å². The first kappa shape index (κ1) is 35.9. The number of ether oxygens (including phenoxy) is 1. The Balaban J connectivity index is 1.74. The zero-order valence-corrected chi connectivity index (χ0v) is 28.4. The predicted octanol–water partition coefficient (Wildman–Crippen LogP) is 6.62. The highest BCUT2D eigenvalue weighted by Crippen LogP contribution is 2.34. The lowest BCUT2D eigenvalue weighted by atomic mass is 9.90. The molecule has 47 heavy (non-hydrogen) atoms. The lowest BCUT2D eigenvalue weighted by Gasteiger charge is -2.34. The molecule has 1 aliphatic heterocycles. The first-order valence-electron chi connectivity index (χ1n) is 16.3. The van der Waals surface area contributed by atoms with Crippen molar-refractivity contribution in [1.29, 1.82) is 0 Å². The zero-order chi connectivity index (χ0) is 34.6. The molecule has 0 aliphatic carbocycles. The molecule has 1 unspecified atom stereocenters. The fourth-order valence-electron chi connectivity index (χ4n) is 6.41. The van der Waals surface area contributed by atoms with Crippen molar-refractivity contribution in [3.05, 3.63) is 91.9 Å². The average molecular weight is 654 g/mol. The molecule has 2 aromatic carbocycles. The Labute approximate surface area is 275 Å². The van der Waals surface area contributed by atoms with Gasteiger partial charge in [-0.25, -0.2) is 13.2 Å². The highest BCUT2D eigenvalue weighted by Gasteiger charge is 2.30. The number of rotatable bonds is 13. The first-order valence-corrected chi connectivity index (χ1v) is 16.3. The lowest BCUT2D eigenvalue weighted by molar-refractivity contribution is -0.144. The molecule has 1 saturated heterocycles. The predicted molar refractivity (Wildman–Crippen MR) is 177 cm³/mol. The molecule has 2 heterocycles. The largest absolute Gasteiger partial charge is 0.466 e. The van der Waals surface area contributed by atoms with E-state index in [0.29, 0.717) is 54.7 Å². The molecule has 1 amide bonds. The second kappa shape index (κ2) is 15.3. The summed E-state index contributed by atoms with van der Waals surface area (Å²) in [6.07, 6.45) is 1.44. The molecular weight excluding hydrogens is 607 g/mol. The van der Waals surface area contributed by atoms with Gasteiger partial charge in [0.1, 0.15) is 23.8 Å². The average Bonchev–Trinajstić information content (AvgIpc) is 2.95. The Hall–Kier alpha value is -3.92. The number of amides is 1. The molecule has 0 bridgehead atoms. The molecule has 2 atom stereocenters. The van der Waals surface area contributed by atoms with Crippen molar-refractivity contribution >= 4 is 11.9 Å². The molecular formula is C37H46F3N3O4. The van der Waals surface area contributed by atoms with Gasteiger partial charge < -0.3 is 14.6 Å². The lowest BCUT2D eigenvalue weighted by Crippen LogP contribution is -2.49. The maximum atomic E-state index is 16.0. The van der Waals surface area contributed by atoms with Gasteiger partial charge in [0.2, 0.25) is 5.91 Å². The fourth-order valence-corrected chi connectivity index (χ4v) is 6.41. The maximum absolute atomic E-state index is 16.0. The van der Waals surface area contributed by atoms with Crippen LogP contribution in [0.3, 0.4) is 0 Å². The molecule has 1 aliphatic rings. The third kappa shape index (κ3) is 8.71. The van der Waals surface area contributed by atoms with Crippen LogP contribution < -0.4 is 10.9 Å². The molecule has 7 nitrogen and oxygen atoms in total. The SMILES string of the molecule is CCOC(=O)C[C@H](NC(=O)C(CC(C)C)n1cc(CCN2CC(F)C2)c(C)cc1=O)c1cc(-c2c(C)cc(F)cc2C)cc(C)c1F. The van der Waals surface area contributed by atoms with Crippen molar-refractivity contribution in [1.82, 2.24) is 14.8 Å². The van der Waals surface area contributed by atoms with Crippen molar-refractivity contribution in [2.24, 2.45) is 5.92 Å². The third-order valence-corrected chi connectivity index (χ3v) is 8.78. The first-order chi connectivity index (χ1) is 22.2. The van der Waals surface area contributed by atoms with Gasteiger partial charge in [-0.2, -0.15) is 0 Å². The van der Waals surface area contributed by atoms with E-state index in [1.165, 1.54) is 22.8 Å². The van der Waals surface area contributed by atoms with E-state index in [-0.39, 0.29) is 35.9 Å². The number of esters is 1. The smallest absolute Gasteiger partial charge is 0.308 e. The van der Waals surface area contributed by atoms with Crippen molar-refractivity contribution < 1.29 is 27.5 Å². The zero-order valence-electron chi connectivity index (χ0n) is 28.4. The molecule has 0 radical (unpaired) electrons. The van der Waals surface area contributed by atoms with Gasteiger partial charge in [-0.1, -0.05) is 13.8 Å². The number of pyridine rings is 1. The van der Waals surface area contributed by atoms with E-state index in [0.717, 1.165) is 16.7 Å². The summed E-state index contributed by atoms with van der Waals surface area (Å²) in [5.74, 6) is -2.11. The Kier molecular flexibility index (Phi) is 11.7. The number of nitrogens with zero attached hydrogens (tertiary/aromatic N) is 2. The van der Waals surface area contributed by atoms with Crippen LogP contribution in [0, 0.1) is 45.2 Å². The monoisotopic (exact) mass is 653 g/mol. The van der Waals surface area contributed by atoms with Crippen LogP contribution in [0.5, 0.6) is 0 Å². The fraction of sp³-hybridized carbons (Fsp3) is 0.486. The summed E-state index contributed by atoms with van der Waals surface area (Å²) in [7, 11) is 0. The van der Waals surface area contributed by atoms with Crippen LogP contribution in [0.25, 0.3) is 11.1 Å². The van der Waals surface area contributed by atoms with Crippen LogP contribution in [0.15, 0.2) is 41.3 Å². The molecule has 4 rings (SSSR count). The summed E-state index contributed by atoms with van der Waals surface area (Å²) >= 11 is 0. The van der Waals surface area contributed by atoms with Crippen molar-refractivity contribution in [2.45, 2.75) is 86.0 Å². The summed E-state index contributed by atoms with van der Waals surface area (Å²) in [5.41, 5.74) is 4.36. The Bertz CT molecular complexity index is 1660. The Morgan fingerprint density at radius 1 is 0.979 bits per heavy atom. The van der Waals surface area contributed by atoms with Crippen LogP contribution >= 0.6 is 0 Å². The van der Waals surface area contributed by atoms with E-state index in [1.807, 2.05) is 25.7 Å².